The Morgan fingerprint density at radius 2 is 0.929 bits per heavy atom. The van der Waals surface area contributed by atoms with E-state index < -0.39 is 0 Å². The van der Waals surface area contributed by atoms with Gasteiger partial charge in [-0.2, -0.15) is 13.1 Å². The average molecular weight is 305 g/mol. The summed E-state index contributed by atoms with van der Waals surface area (Å²) in [7, 11) is 0. The van der Waals surface area contributed by atoms with E-state index in [4.69, 9.17) is 11.5 Å². The summed E-state index contributed by atoms with van der Waals surface area (Å²) in [4.78, 5) is 0. The second-order valence-corrected chi connectivity index (χ2v) is 2.21. The van der Waals surface area contributed by atoms with Crippen LogP contribution in [0.3, 0.4) is 0 Å². The molecule has 0 rings (SSSR count). The van der Waals surface area contributed by atoms with E-state index >= 15 is 0 Å². The first-order valence-electron chi connectivity index (χ1n) is 4.12. The van der Waals surface area contributed by atoms with Gasteiger partial charge >= 0.3 is 39.0 Å². The van der Waals surface area contributed by atoms with E-state index in [1.807, 2.05) is 0 Å². The van der Waals surface area contributed by atoms with E-state index in [0.717, 1.165) is 25.7 Å². The summed E-state index contributed by atoms with van der Waals surface area (Å²) >= 11 is 0. The van der Waals surface area contributed by atoms with Gasteiger partial charge in [0.25, 0.3) is 0 Å². The van der Waals surface area contributed by atoms with Gasteiger partial charge in [-0.1, -0.05) is 39.5 Å². The van der Waals surface area contributed by atoms with Crippen LogP contribution in [-0.2, 0) is 39.0 Å². The second kappa shape index (κ2) is 47.8. The first-order valence-corrected chi connectivity index (χ1v) is 4.12. The minimum atomic E-state index is 0. The number of nitrogens with one attached hydrogen (secondary N) is 2. The predicted molar refractivity (Wildman–Crippen MR) is 61.0 cm³/mol. The van der Waals surface area contributed by atoms with Crippen LogP contribution in [0.5, 0.6) is 0 Å². The fourth-order valence-corrected chi connectivity index (χ4v) is 0.354. The van der Waals surface area contributed by atoms with Crippen LogP contribution in [0.25, 0.3) is 11.5 Å². The standard InChI is InChI=1S/2C4H10N.2CH3.2Zn/c2*1-2-3-4-5;;;;/h2*5H,2-4H2,1H3;2*1H3;;/q4*-1;2*+2. The molecule has 0 aliphatic rings. The van der Waals surface area contributed by atoms with Gasteiger partial charge in [-0.3, -0.25) is 0 Å². The molecule has 14 heavy (non-hydrogen) atoms. The van der Waals surface area contributed by atoms with Crippen LogP contribution >= 0.6 is 0 Å². The molecule has 0 aliphatic heterocycles. The summed E-state index contributed by atoms with van der Waals surface area (Å²) in [6.45, 7) is 5.37. The molecule has 0 spiro atoms. The Kier molecular flexibility index (Phi) is 124. The van der Waals surface area contributed by atoms with Crippen molar-refractivity contribution in [2.75, 3.05) is 13.1 Å². The molecular weight excluding hydrogens is 279 g/mol. The molecule has 0 saturated heterocycles. The largest absolute Gasteiger partial charge is 2.00 e. The van der Waals surface area contributed by atoms with Gasteiger partial charge in [0, 0.05) is 0 Å². The molecule has 0 bridgehead atoms. The summed E-state index contributed by atoms with van der Waals surface area (Å²) in [5.74, 6) is 0. The van der Waals surface area contributed by atoms with Crippen molar-refractivity contribution in [3.05, 3.63) is 26.3 Å². The fraction of sp³-hybridized carbons (Fsp3) is 0.800. The molecule has 2 N–H and O–H groups in total. The van der Waals surface area contributed by atoms with E-state index in [0.29, 0.717) is 13.1 Å². The van der Waals surface area contributed by atoms with Crippen molar-refractivity contribution in [3.63, 3.8) is 0 Å². The maximum Gasteiger partial charge on any atom is 2.00 e. The topological polar surface area (TPSA) is 47.6 Å². The number of hydrogen-bond acceptors (Lipinski definition) is 0. The minimum Gasteiger partial charge on any atom is -0.677 e. The molecule has 0 amide bonds. The number of unbranched alkanes of at least 4 members (excludes halogenated alkanes) is 2. The third kappa shape index (κ3) is 73.0. The van der Waals surface area contributed by atoms with Crippen LogP contribution in [0, 0.1) is 14.9 Å². The molecule has 2 nitrogen and oxygen atoms in total. The summed E-state index contributed by atoms with van der Waals surface area (Å²) in [6.07, 6.45) is 4.42. The maximum atomic E-state index is 6.60. The van der Waals surface area contributed by atoms with Crippen molar-refractivity contribution < 1.29 is 39.0 Å². The Bertz CT molecular complexity index is 37.1. The average Bonchev–Trinajstić information content (AvgIpc) is 1.93. The Morgan fingerprint density at radius 3 is 0.929 bits per heavy atom. The van der Waals surface area contributed by atoms with Crippen LogP contribution < -0.4 is 0 Å². The molecule has 0 atom stereocenters. The Labute approximate surface area is 117 Å². The zero-order valence-electron chi connectivity index (χ0n) is 10.7. The third-order valence-electron chi connectivity index (χ3n) is 1.06. The molecule has 0 saturated carbocycles. The summed E-state index contributed by atoms with van der Waals surface area (Å²) in [5.41, 5.74) is 13.2. The number of rotatable bonds is 4. The third-order valence-corrected chi connectivity index (χ3v) is 1.06. The van der Waals surface area contributed by atoms with Crippen molar-refractivity contribution in [2.45, 2.75) is 39.5 Å². The van der Waals surface area contributed by atoms with Crippen LogP contribution in [0.4, 0.5) is 0 Å². The minimum absolute atomic E-state index is 0. The smallest absolute Gasteiger partial charge is 0.677 e. The first kappa shape index (κ1) is 36.2. The van der Waals surface area contributed by atoms with Gasteiger partial charge in [-0.05, 0) is 0 Å². The zero-order valence-corrected chi connectivity index (χ0v) is 16.6. The normalized spacial score (nSPS) is 6.00. The van der Waals surface area contributed by atoms with E-state index in [1.165, 1.54) is 0 Å². The second-order valence-electron chi connectivity index (χ2n) is 2.21. The zero-order chi connectivity index (χ0) is 8.24. The van der Waals surface area contributed by atoms with E-state index in [-0.39, 0.29) is 53.8 Å². The number of hydrogen-bond donors (Lipinski definition) is 0. The van der Waals surface area contributed by atoms with Gasteiger partial charge in [0.1, 0.15) is 0 Å². The van der Waals surface area contributed by atoms with Gasteiger partial charge in [0.15, 0.2) is 0 Å². The Morgan fingerprint density at radius 1 is 0.714 bits per heavy atom. The Hall–Kier alpha value is 1.17. The van der Waals surface area contributed by atoms with Gasteiger partial charge in [0.2, 0.25) is 0 Å². The van der Waals surface area contributed by atoms with Gasteiger partial charge < -0.3 is 26.3 Å². The van der Waals surface area contributed by atoms with Crippen LogP contribution in [-0.4, -0.2) is 13.1 Å². The summed E-state index contributed by atoms with van der Waals surface area (Å²) < 4.78 is 0. The van der Waals surface area contributed by atoms with Gasteiger partial charge in [0.05, 0.1) is 0 Å². The van der Waals surface area contributed by atoms with Crippen molar-refractivity contribution in [2.24, 2.45) is 0 Å². The quantitative estimate of drug-likeness (QED) is 0.539. The molecule has 0 radical (unpaired) electrons. The summed E-state index contributed by atoms with van der Waals surface area (Å²) in [6, 6.07) is 0. The Balaban J connectivity index is -0.0000000178. The molecule has 80 valence electrons. The van der Waals surface area contributed by atoms with E-state index in [2.05, 4.69) is 13.8 Å². The molecule has 0 unspecified atom stereocenters. The SMILES string of the molecule is CCCC[NH-].CCCC[NH-].[CH3-].[CH3-].[Zn+2].[Zn+2]. The summed E-state index contributed by atoms with van der Waals surface area (Å²) in [5, 5.41) is 0. The van der Waals surface area contributed by atoms with E-state index in [9.17, 15) is 0 Å². The molecule has 0 aliphatic carbocycles. The fourth-order valence-electron chi connectivity index (χ4n) is 0.354. The van der Waals surface area contributed by atoms with Crippen LogP contribution in [0.15, 0.2) is 0 Å². The van der Waals surface area contributed by atoms with Crippen molar-refractivity contribution in [1.82, 2.24) is 0 Å². The maximum absolute atomic E-state index is 6.60. The van der Waals surface area contributed by atoms with Crippen molar-refractivity contribution in [1.29, 1.82) is 0 Å². The molecule has 4 heteroatoms. The molecule has 0 aromatic heterocycles. The molecule has 0 fully saturated rings. The molecule has 0 aromatic carbocycles. The van der Waals surface area contributed by atoms with E-state index in [1.54, 1.807) is 0 Å². The van der Waals surface area contributed by atoms with Gasteiger partial charge in [-0.25, -0.2) is 0 Å². The van der Waals surface area contributed by atoms with Crippen LogP contribution in [0.2, 0.25) is 0 Å². The monoisotopic (exact) mass is 302 g/mol. The first-order chi connectivity index (χ1) is 4.83. The van der Waals surface area contributed by atoms with Crippen molar-refractivity contribution >= 4 is 0 Å². The predicted octanol–water partition coefficient (Wildman–Crippen LogP) is 4.57. The van der Waals surface area contributed by atoms with Gasteiger partial charge in [-0.15, -0.1) is 0 Å². The molecule has 0 aromatic rings. The molecule has 0 heterocycles. The van der Waals surface area contributed by atoms with Crippen LogP contribution in [0.1, 0.15) is 39.5 Å². The molecular formula is C10H26N2Zn2. The van der Waals surface area contributed by atoms with Crippen molar-refractivity contribution in [3.8, 4) is 0 Å².